The minimum Gasteiger partial charge on any atom is -0.355 e. The number of rotatable bonds is 3. The molecule has 0 amide bonds. The number of nitrogens with zero attached hydrogens (tertiary/aromatic N) is 3. The summed E-state index contributed by atoms with van der Waals surface area (Å²) in [6.45, 7) is 2.27. The van der Waals surface area contributed by atoms with Gasteiger partial charge in [-0.25, -0.2) is 4.98 Å². The number of pyridine rings is 1. The summed E-state index contributed by atoms with van der Waals surface area (Å²) in [5, 5.41) is 0.642. The number of anilines is 1. The van der Waals surface area contributed by atoms with Crippen molar-refractivity contribution >= 4 is 29.0 Å². The van der Waals surface area contributed by atoms with Crippen molar-refractivity contribution in [2.45, 2.75) is 24.8 Å². The van der Waals surface area contributed by atoms with Crippen molar-refractivity contribution < 1.29 is 0 Å². The van der Waals surface area contributed by atoms with Gasteiger partial charge in [-0.05, 0) is 38.1 Å². The first-order chi connectivity index (χ1) is 8.61. The Morgan fingerprint density at radius 1 is 1.56 bits per heavy atom. The topological polar surface area (TPSA) is 19.4 Å². The molecule has 100 valence electrons. The Morgan fingerprint density at radius 3 is 3.00 bits per heavy atom. The van der Waals surface area contributed by atoms with Gasteiger partial charge in [0.2, 0.25) is 0 Å². The van der Waals surface area contributed by atoms with Gasteiger partial charge in [0.25, 0.3) is 0 Å². The molecule has 1 aliphatic heterocycles. The Hall–Kier alpha value is -0.510. The third-order valence-electron chi connectivity index (χ3n) is 3.57. The number of hydrogen-bond donors (Lipinski definition) is 0. The second-order valence-electron chi connectivity index (χ2n) is 4.94. The lowest BCUT2D eigenvalue weighted by Gasteiger charge is -2.36. The highest BCUT2D eigenvalue weighted by Crippen LogP contribution is 2.24. The lowest BCUT2D eigenvalue weighted by Crippen LogP contribution is -2.45. The molecule has 0 N–H and O–H groups in total. The van der Waals surface area contributed by atoms with Gasteiger partial charge in [-0.15, -0.1) is 11.6 Å². The Morgan fingerprint density at radius 2 is 2.33 bits per heavy atom. The van der Waals surface area contributed by atoms with E-state index in [1.165, 1.54) is 19.4 Å². The van der Waals surface area contributed by atoms with Crippen LogP contribution in [0.25, 0.3) is 0 Å². The van der Waals surface area contributed by atoms with E-state index < -0.39 is 0 Å². The lowest BCUT2D eigenvalue weighted by molar-refractivity contribution is 0.247. The van der Waals surface area contributed by atoms with Crippen LogP contribution in [0, 0.1) is 0 Å². The predicted octanol–water partition coefficient (Wildman–Crippen LogP) is 3.00. The second-order valence-corrected chi connectivity index (χ2v) is 5.61. The number of likely N-dealkylation sites (N-methyl/N-ethyl adjacent to an activating group) is 2. The third-order valence-corrected chi connectivity index (χ3v) is 4.20. The maximum absolute atomic E-state index is 6.04. The van der Waals surface area contributed by atoms with Gasteiger partial charge in [0.05, 0.1) is 5.02 Å². The fraction of sp³-hybridized carbons (Fsp3) is 0.615. The van der Waals surface area contributed by atoms with Gasteiger partial charge in [-0.3, -0.25) is 0 Å². The maximum Gasteiger partial charge on any atom is 0.128 e. The zero-order chi connectivity index (χ0) is 13.1. The largest absolute Gasteiger partial charge is 0.355 e. The molecule has 2 rings (SSSR count). The van der Waals surface area contributed by atoms with Gasteiger partial charge in [0, 0.05) is 31.7 Å². The molecule has 0 saturated carbocycles. The van der Waals surface area contributed by atoms with E-state index in [2.05, 4.69) is 28.9 Å². The minimum atomic E-state index is 0.423. The number of piperidine rings is 1. The van der Waals surface area contributed by atoms with E-state index >= 15 is 0 Å². The second kappa shape index (κ2) is 6.09. The van der Waals surface area contributed by atoms with Crippen LogP contribution in [0.4, 0.5) is 5.82 Å². The summed E-state index contributed by atoms with van der Waals surface area (Å²) in [4.78, 5) is 9.01. The molecule has 0 aromatic carbocycles. The molecule has 2 heterocycles. The molecule has 1 unspecified atom stereocenters. The number of likely N-dealkylation sites (tertiary alicyclic amines) is 1. The molecule has 18 heavy (non-hydrogen) atoms. The van der Waals surface area contributed by atoms with E-state index in [1.54, 1.807) is 6.20 Å². The predicted molar refractivity (Wildman–Crippen MR) is 77.7 cm³/mol. The normalized spacial score (nSPS) is 21.0. The monoisotopic (exact) mass is 287 g/mol. The van der Waals surface area contributed by atoms with Gasteiger partial charge in [-0.1, -0.05) is 11.6 Å². The van der Waals surface area contributed by atoms with Crippen molar-refractivity contribution in [1.82, 2.24) is 9.88 Å². The van der Waals surface area contributed by atoms with E-state index in [4.69, 9.17) is 23.2 Å². The molecule has 1 fully saturated rings. The highest BCUT2D eigenvalue weighted by Gasteiger charge is 2.22. The number of hydrogen-bond acceptors (Lipinski definition) is 3. The van der Waals surface area contributed by atoms with E-state index in [9.17, 15) is 0 Å². The van der Waals surface area contributed by atoms with Crippen LogP contribution >= 0.6 is 23.2 Å². The first-order valence-electron chi connectivity index (χ1n) is 6.23. The fourth-order valence-corrected chi connectivity index (χ4v) is 2.87. The standard InChI is InChI=1S/C13H19Cl2N3/c1-17-5-3-4-11(9-17)18(2)13-6-10(7-14)12(15)8-16-13/h6,8,11H,3-5,7,9H2,1-2H3. The fourth-order valence-electron chi connectivity index (χ4n) is 2.41. The van der Waals surface area contributed by atoms with E-state index in [0.717, 1.165) is 17.9 Å². The Balaban J connectivity index is 2.14. The number of alkyl halides is 1. The van der Waals surface area contributed by atoms with E-state index in [0.29, 0.717) is 16.9 Å². The summed E-state index contributed by atoms with van der Waals surface area (Å²) in [6.07, 6.45) is 4.14. The van der Waals surface area contributed by atoms with Crippen LogP contribution in [0.1, 0.15) is 18.4 Å². The van der Waals surface area contributed by atoms with Crippen molar-refractivity contribution in [3.8, 4) is 0 Å². The van der Waals surface area contributed by atoms with Crippen molar-refractivity contribution in [3.05, 3.63) is 22.8 Å². The van der Waals surface area contributed by atoms with E-state index in [1.807, 2.05) is 6.07 Å². The Kier molecular flexibility index (Phi) is 4.71. The van der Waals surface area contributed by atoms with Crippen molar-refractivity contribution in [2.24, 2.45) is 0 Å². The molecule has 1 aromatic rings. The van der Waals surface area contributed by atoms with Crippen LogP contribution in [0.15, 0.2) is 12.3 Å². The average Bonchev–Trinajstić information content (AvgIpc) is 2.38. The molecular formula is C13H19Cl2N3. The maximum atomic E-state index is 6.04. The van der Waals surface area contributed by atoms with Crippen molar-refractivity contribution in [2.75, 3.05) is 32.1 Å². The third kappa shape index (κ3) is 3.08. The Bertz CT molecular complexity index is 411. The van der Waals surface area contributed by atoms with Crippen molar-refractivity contribution in [3.63, 3.8) is 0 Å². The molecule has 1 aromatic heterocycles. The van der Waals surface area contributed by atoms with Crippen LogP contribution in [-0.4, -0.2) is 43.1 Å². The highest BCUT2D eigenvalue weighted by atomic mass is 35.5. The SMILES string of the molecule is CN1CCCC(N(C)c2cc(CCl)c(Cl)cn2)C1. The van der Waals surface area contributed by atoms with Gasteiger partial charge in [0.1, 0.15) is 5.82 Å². The van der Waals surface area contributed by atoms with Gasteiger partial charge >= 0.3 is 0 Å². The van der Waals surface area contributed by atoms with Gasteiger partial charge in [0.15, 0.2) is 0 Å². The minimum absolute atomic E-state index is 0.423. The zero-order valence-electron chi connectivity index (χ0n) is 10.9. The van der Waals surface area contributed by atoms with E-state index in [-0.39, 0.29) is 0 Å². The molecule has 0 spiro atoms. The van der Waals surface area contributed by atoms with Crippen LogP contribution in [0.2, 0.25) is 5.02 Å². The van der Waals surface area contributed by atoms with Crippen LogP contribution in [0.3, 0.4) is 0 Å². The molecule has 0 radical (unpaired) electrons. The summed E-state index contributed by atoms with van der Waals surface area (Å²) >= 11 is 11.9. The Labute approximate surface area is 119 Å². The van der Waals surface area contributed by atoms with Crippen LogP contribution in [0.5, 0.6) is 0 Å². The zero-order valence-corrected chi connectivity index (χ0v) is 12.4. The summed E-state index contributed by atoms with van der Waals surface area (Å²) in [5.74, 6) is 1.38. The molecule has 0 aliphatic carbocycles. The quantitative estimate of drug-likeness (QED) is 0.797. The molecule has 3 nitrogen and oxygen atoms in total. The average molecular weight is 288 g/mol. The van der Waals surface area contributed by atoms with Crippen molar-refractivity contribution in [1.29, 1.82) is 0 Å². The molecule has 1 saturated heterocycles. The summed E-state index contributed by atoms with van der Waals surface area (Å²) in [7, 11) is 4.26. The first-order valence-corrected chi connectivity index (χ1v) is 7.15. The molecule has 1 aliphatic rings. The van der Waals surface area contributed by atoms with Crippen LogP contribution < -0.4 is 4.90 Å². The smallest absolute Gasteiger partial charge is 0.128 e. The van der Waals surface area contributed by atoms with Crippen LogP contribution in [-0.2, 0) is 5.88 Å². The number of aromatic nitrogens is 1. The summed E-state index contributed by atoms with van der Waals surface area (Å²) in [6, 6.07) is 2.50. The summed E-state index contributed by atoms with van der Waals surface area (Å²) in [5.41, 5.74) is 0.944. The first kappa shape index (κ1) is 13.9. The van der Waals surface area contributed by atoms with Gasteiger partial charge in [-0.2, -0.15) is 0 Å². The molecule has 0 bridgehead atoms. The molecule has 5 heteroatoms. The molecular weight excluding hydrogens is 269 g/mol. The van der Waals surface area contributed by atoms with Gasteiger partial charge < -0.3 is 9.80 Å². The number of halogens is 2. The molecule has 1 atom stereocenters. The summed E-state index contributed by atoms with van der Waals surface area (Å²) < 4.78 is 0. The highest BCUT2D eigenvalue weighted by molar-refractivity contribution is 6.32. The lowest BCUT2D eigenvalue weighted by atomic mass is 10.1.